The predicted octanol–water partition coefficient (Wildman–Crippen LogP) is 3.20. The number of nitrogens with zero attached hydrogens (tertiary/aromatic N) is 1. The lowest BCUT2D eigenvalue weighted by Gasteiger charge is -2.23. The molecule has 29 heavy (non-hydrogen) atoms. The Hall–Kier alpha value is -3.15. The van der Waals surface area contributed by atoms with Crippen LogP contribution in [0.5, 0.6) is 0 Å². The maximum atomic E-state index is 13.1. The molecule has 2 N–H and O–H groups in total. The molecule has 6 nitrogen and oxygen atoms in total. The third-order valence-corrected chi connectivity index (χ3v) is 5.92. The summed E-state index contributed by atoms with van der Waals surface area (Å²) in [5.41, 5.74) is 4.76. The fraction of sp³-hybridized carbons (Fsp3) is 0.348. The first-order valence-electron chi connectivity index (χ1n) is 9.91. The molecule has 0 radical (unpaired) electrons. The van der Waals surface area contributed by atoms with E-state index in [1.807, 2.05) is 50.2 Å². The summed E-state index contributed by atoms with van der Waals surface area (Å²) in [4.78, 5) is 39.2. The molecule has 0 bridgehead atoms. The molecule has 1 fully saturated rings. The number of anilines is 1. The number of hydrogen-bond acceptors (Lipinski definition) is 3. The van der Waals surface area contributed by atoms with Crippen molar-refractivity contribution >= 4 is 23.5 Å². The molecule has 4 rings (SSSR count). The second-order valence-corrected chi connectivity index (χ2v) is 8.15. The van der Waals surface area contributed by atoms with Gasteiger partial charge in [0.05, 0.1) is 0 Å². The van der Waals surface area contributed by atoms with Gasteiger partial charge >= 0.3 is 6.03 Å². The van der Waals surface area contributed by atoms with Crippen molar-refractivity contribution in [1.82, 2.24) is 10.2 Å². The van der Waals surface area contributed by atoms with Crippen molar-refractivity contribution in [2.24, 2.45) is 0 Å². The van der Waals surface area contributed by atoms with Crippen molar-refractivity contribution < 1.29 is 14.4 Å². The summed E-state index contributed by atoms with van der Waals surface area (Å²) in [5, 5.41) is 5.59. The van der Waals surface area contributed by atoms with Gasteiger partial charge in [-0.25, -0.2) is 4.79 Å². The lowest BCUT2D eigenvalue weighted by atomic mass is 9.89. The molecule has 0 aromatic heterocycles. The summed E-state index contributed by atoms with van der Waals surface area (Å²) in [6.45, 7) is 5.22. The molecule has 1 aliphatic carbocycles. The number of benzene rings is 2. The van der Waals surface area contributed by atoms with E-state index >= 15 is 0 Å². The Balaban J connectivity index is 1.52. The molecule has 0 saturated carbocycles. The van der Waals surface area contributed by atoms with E-state index in [1.165, 1.54) is 11.1 Å². The standard InChI is InChI=1S/C23H25N3O3/c1-14-7-8-15(2)19(11-14)24-20(27)13-26-21(28)23(3,25-22(26)29)18-10-9-16-5-4-6-17(16)12-18/h7-12H,4-6,13H2,1-3H3,(H,24,27)(H,25,29)/t23-/m0/s1. The molecule has 1 atom stereocenters. The maximum Gasteiger partial charge on any atom is 0.325 e. The number of urea groups is 1. The third-order valence-electron chi connectivity index (χ3n) is 5.92. The highest BCUT2D eigenvalue weighted by Crippen LogP contribution is 2.32. The summed E-state index contributed by atoms with van der Waals surface area (Å²) in [7, 11) is 0. The molecular weight excluding hydrogens is 366 g/mol. The smallest absolute Gasteiger partial charge is 0.324 e. The van der Waals surface area contributed by atoms with Crippen LogP contribution < -0.4 is 10.6 Å². The van der Waals surface area contributed by atoms with E-state index in [4.69, 9.17) is 0 Å². The molecule has 2 aromatic rings. The van der Waals surface area contributed by atoms with E-state index < -0.39 is 23.4 Å². The number of fused-ring (bicyclic) bond motifs is 1. The SMILES string of the molecule is Cc1ccc(C)c(NC(=O)CN2C(=O)N[C@@](C)(c3ccc4c(c3)CCC4)C2=O)c1. The van der Waals surface area contributed by atoms with Gasteiger partial charge in [-0.05, 0) is 73.9 Å². The van der Waals surface area contributed by atoms with Crippen LogP contribution in [0, 0.1) is 13.8 Å². The van der Waals surface area contributed by atoms with Crippen LogP contribution in [0.4, 0.5) is 10.5 Å². The largest absolute Gasteiger partial charge is 0.325 e. The molecule has 6 heteroatoms. The van der Waals surface area contributed by atoms with Gasteiger partial charge in [0.15, 0.2) is 0 Å². The Labute approximate surface area is 170 Å². The normalized spacial score (nSPS) is 20.6. The van der Waals surface area contributed by atoms with Gasteiger partial charge < -0.3 is 10.6 Å². The van der Waals surface area contributed by atoms with Crippen LogP contribution in [0.15, 0.2) is 36.4 Å². The number of rotatable bonds is 4. The van der Waals surface area contributed by atoms with E-state index in [9.17, 15) is 14.4 Å². The van der Waals surface area contributed by atoms with Crippen molar-refractivity contribution in [1.29, 1.82) is 0 Å². The summed E-state index contributed by atoms with van der Waals surface area (Å²) in [5.74, 6) is -0.808. The zero-order valence-corrected chi connectivity index (χ0v) is 17.0. The number of aryl methyl sites for hydroxylation is 4. The number of hydrogen-bond donors (Lipinski definition) is 2. The molecule has 0 unspecified atom stereocenters. The van der Waals surface area contributed by atoms with E-state index in [2.05, 4.69) is 10.6 Å². The lowest BCUT2D eigenvalue weighted by Crippen LogP contribution is -2.42. The number of carbonyl (C=O) groups is 3. The van der Waals surface area contributed by atoms with Crippen molar-refractivity contribution in [3.8, 4) is 0 Å². The Morgan fingerprint density at radius 1 is 1.10 bits per heavy atom. The van der Waals surface area contributed by atoms with Crippen molar-refractivity contribution in [3.63, 3.8) is 0 Å². The molecule has 1 saturated heterocycles. The molecule has 0 spiro atoms. The second kappa shape index (κ2) is 7.03. The van der Waals surface area contributed by atoms with Crippen LogP contribution in [-0.4, -0.2) is 29.3 Å². The monoisotopic (exact) mass is 391 g/mol. The van der Waals surface area contributed by atoms with Crippen molar-refractivity contribution in [2.75, 3.05) is 11.9 Å². The van der Waals surface area contributed by atoms with Crippen LogP contribution in [-0.2, 0) is 28.0 Å². The number of amides is 4. The Bertz CT molecular complexity index is 1030. The topological polar surface area (TPSA) is 78.5 Å². The van der Waals surface area contributed by atoms with Crippen molar-refractivity contribution in [2.45, 2.75) is 45.6 Å². The fourth-order valence-electron chi connectivity index (χ4n) is 4.12. The van der Waals surface area contributed by atoms with Crippen molar-refractivity contribution in [3.05, 3.63) is 64.2 Å². The molecular formula is C23H25N3O3. The molecule has 4 amide bonds. The van der Waals surface area contributed by atoms with Gasteiger partial charge in [-0.15, -0.1) is 0 Å². The zero-order valence-electron chi connectivity index (χ0n) is 17.0. The Morgan fingerprint density at radius 2 is 1.86 bits per heavy atom. The minimum absolute atomic E-state index is 0.321. The maximum absolute atomic E-state index is 13.1. The molecule has 150 valence electrons. The minimum Gasteiger partial charge on any atom is -0.324 e. The van der Waals surface area contributed by atoms with Gasteiger partial charge in [-0.1, -0.05) is 30.3 Å². The first-order valence-corrected chi connectivity index (χ1v) is 9.91. The number of nitrogens with one attached hydrogen (secondary N) is 2. The van der Waals surface area contributed by atoms with Crippen LogP contribution in [0.3, 0.4) is 0 Å². The van der Waals surface area contributed by atoms with Crippen LogP contribution in [0.1, 0.15) is 41.2 Å². The summed E-state index contributed by atoms with van der Waals surface area (Å²) in [6, 6.07) is 11.2. The summed E-state index contributed by atoms with van der Waals surface area (Å²) in [6.07, 6.45) is 3.15. The molecule has 1 heterocycles. The third kappa shape index (κ3) is 3.39. The highest BCUT2D eigenvalue weighted by atomic mass is 16.2. The average Bonchev–Trinajstić information content (AvgIpc) is 3.23. The van der Waals surface area contributed by atoms with E-state index in [0.717, 1.165) is 40.9 Å². The van der Waals surface area contributed by atoms with Gasteiger partial charge in [0, 0.05) is 5.69 Å². The summed E-state index contributed by atoms with van der Waals surface area (Å²) < 4.78 is 0. The number of imide groups is 1. The van der Waals surface area contributed by atoms with Gasteiger partial charge in [-0.3, -0.25) is 14.5 Å². The molecule has 1 aliphatic heterocycles. The van der Waals surface area contributed by atoms with Gasteiger partial charge in [0.1, 0.15) is 12.1 Å². The quantitative estimate of drug-likeness (QED) is 0.786. The summed E-state index contributed by atoms with van der Waals surface area (Å²) >= 11 is 0. The Morgan fingerprint density at radius 3 is 2.66 bits per heavy atom. The second-order valence-electron chi connectivity index (χ2n) is 8.15. The fourth-order valence-corrected chi connectivity index (χ4v) is 4.12. The number of carbonyl (C=O) groups excluding carboxylic acids is 3. The van der Waals surface area contributed by atoms with E-state index in [0.29, 0.717) is 5.69 Å². The van der Waals surface area contributed by atoms with Gasteiger partial charge in [-0.2, -0.15) is 0 Å². The molecule has 2 aromatic carbocycles. The Kier molecular flexibility index (Phi) is 4.65. The van der Waals surface area contributed by atoms with Gasteiger partial charge in [0.2, 0.25) is 5.91 Å². The first kappa shape index (κ1) is 19.2. The van der Waals surface area contributed by atoms with Crippen LogP contribution >= 0.6 is 0 Å². The first-order chi connectivity index (χ1) is 13.8. The lowest BCUT2D eigenvalue weighted by molar-refractivity contribution is -0.133. The van der Waals surface area contributed by atoms with Crippen LogP contribution in [0.2, 0.25) is 0 Å². The van der Waals surface area contributed by atoms with Crippen LogP contribution in [0.25, 0.3) is 0 Å². The minimum atomic E-state index is -1.16. The van der Waals surface area contributed by atoms with E-state index in [1.54, 1.807) is 6.92 Å². The average molecular weight is 391 g/mol. The van der Waals surface area contributed by atoms with E-state index in [-0.39, 0.29) is 6.54 Å². The molecule has 2 aliphatic rings. The highest BCUT2D eigenvalue weighted by Gasteiger charge is 2.49. The highest BCUT2D eigenvalue weighted by molar-refractivity contribution is 6.10. The predicted molar refractivity (Wildman–Crippen MR) is 111 cm³/mol. The zero-order chi connectivity index (χ0) is 20.8. The van der Waals surface area contributed by atoms with Gasteiger partial charge in [0.25, 0.3) is 5.91 Å².